The second-order valence-corrected chi connectivity index (χ2v) is 9.07. The quantitative estimate of drug-likeness (QED) is 0.391. The molecule has 9 heteroatoms. The molecular formula is C25H28Cl2N6O. The van der Waals surface area contributed by atoms with E-state index in [4.69, 9.17) is 38.7 Å². The summed E-state index contributed by atoms with van der Waals surface area (Å²) in [4.78, 5) is 15.7. The first-order valence-corrected chi connectivity index (χ1v) is 11.5. The summed E-state index contributed by atoms with van der Waals surface area (Å²) in [5.74, 6) is 2.25. The minimum atomic E-state index is 0. The highest BCUT2D eigenvalue weighted by Gasteiger charge is 2.24. The molecule has 178 valence electrons. The number of nitrogens with zero attached hydrogens (tertiary/aromatic N) is 5. The molecule has 0 unspecified atom stereocenters. The van der Waals surface area contributed by atoms with Crippen molar-refractivity contribution in [3.8, 4) is 11.4 Å². The highest BCUT2D eigenvalue weighted by atomic mass is 35.5. The molecule has 1 saturated heterocycles. The Morgan fingerprint density at radius 3 is 2.74 bits per heavy atom. The van der Waals surface area contributed by atoms with Gasteiger partial charge in [0.2, 0.25) is 0 Å². The number of fused-ring (bicyclic) bond motifs is 1. The number of hydrogen-bond acceptors (Lipinski definition) is 6. The molecule has 1 atom stereocenters. The van der Waals surface area contributed by atoms with Crippen LogP contribution in [0.4, 0.5) is 5.82 Å². The molecule has 7 nitrogen and oxygen atoms in total. The van der Waals surface area contributed by atoms with Crippen LogP contribution < -0.4 is 15.4 Å². The maximum absolute atomic E-state index is 6.73. The number of benzene rings is 1. The van der Waals surface area contributed by atoms with Crippen molar-refractivity contribution in [1.29, 1.82) is 0 Å². The third kappa shape index (κ3) is 4.43. The minimum absolute atomic E-state index is 0. The first-order chi connectivity index (χ1) is 15.9. The van der Waals surface area contributed by atoms with E-state index in [-0.39, 0.29) is 20.1 Å². The number of halogens is 2. The Bertz CT molecular complexity index is 1340. The van der Waals surface area contributed by atoms with Gasteiger partial charge in [-0.05, 0) is 32.4 Å². The Kier molecular flexibility index (Phi) is 6.98. The van der Waals surface area contributed by atoms with Crippen molar-refractivity contribution in [1.82, 2.24) is 19.5 Å². The Hall–Kier alpha value is -2.87. The van der Waals surface area contributed by atoms with E-state index in [0.29, 0.717) is 27.2 Å². The molecule has 4 heterocycles. The second kappa shape index (κ2) is 9.78. The van der Waals surface area contributed by atoms with Gasteiger partial charge in [-0.1, -0.05) is 42.8 Å². The zero-order valence-electron chi connectivity index (χ0n) is 18.4. The van der Waals surface area contributed by atoms with Crippen LogP contribution in [-0.4, -0.2) is 38.7 Å². The first-order valence-electron chi connectivity index (χ1n) is 10.8. The predicted molar refractivity (Wildman–Crippen MR) is 138 cm³/mol. The molecule has 3 aromatic heterocycles. The van der Waals surface area contributed by atoms with Crippen molar-refractivity contribution < 1.29 is 4.74 Å². The monoisotopic (exact) mass is 498 g/mol. The minimum Gasteiger partial charge on any atom is -0.487 e. The van der Waals surface area contributed by atoms with E-state index in [9.17, 15) is 0 Å². The van der Waals surface area contributed by atoms with Crippen molar-refractivity contribution in [3.63, 3.8) is 0 Å². The molecule has 5 rings (SSSR count). The standard InChI is InChI=1S/C24H24Cl2N6O.CH4/c1-14-10-20(32-9-7-28-15(32)2)17-4-3-5-21(23(17)30-14)33-13-18-19(25)11-29-24(22(18)26)31-8-6-16(27)12-31;/h3-5,7,9-11,16H,6,8,12-13,27H2,1-2H3;1H4/t16-;/m1./s1. The number of aryl methyl sites for hydroxylation is 2. The van der Waals surface area contributed by atoms with E-state index in [1.807, 2.05) is 48.9 Å². The number of nitrogens with two attached hydrogens (primary N) is 1. The molecule has 2 N–H and O–H groups in total. The van der Waals surface area contributed by atoms with Crippen LogP contribution in [0.3, 0.4) is 0 Å². The highest BCUT2D eigenvalue weighted by Crippen LogP contribution is 2.35. The Morgan fingerprint density at radius 2 is 2.03 bits per heavy atom. The summed E-state index contributed by atoms with van der Waals surface area (Å²) in [7, 11) is 0. The van der Waals surface area contributed by atoms with Crippen LogP contribution in [0.2, 0.25) is 10.0 Å². The topological polar surface area (TPSA) is 82.1 Å². The van der Waals surface area contributed by atoms with Crippen LogP contribution in [0.15, 0.2) is 42.9 Å². The van der Waals surface area contributed by atoms with Crippen LogP contribution in [0.25, 0.3) is 16.6 Å². The molecule has 1 aromatic carbocycles. The van der Waals surface area contributed by atoms with Crippen molar-refractivity contribution in [2.45, 2.75) is 40.3 Å². The number of pyridine rings is 2. The molecule has 0 saturated carbocycles. The maximum atomic E-state index is 6.73. The summed E-state index contributed by atoms with van der Waals surface area (Å²) in [5, 5.41) is 1.93. The summed E-state index contributed by atoms with van der Waals surface area (Å²) in [6.07, 6.45) is 6.26. The van der Waals surface area contributed by atoms with Crippen LogP contribution in [-0.2, 0) is 6.61 Å². The number of rotatable bonds is 5. The Balaban J connectivity index is 0.00000274. The summed E-state index contributed by atoms with van der Waals surface area (Å²) in [6, 6.07) is 8.06. The van der Waals surface area contributed by atoms with Crippen LogP contribution in [0, 0.1) is 13.8 Å². The first kappa shape index (κ1) is 24.3. The Morgan fingerprint density at radius 1 is 1.21 bits per heavy atom. The molecule has 1 aliphatic heterocycles. The molecule has 0 radical (unpaired) electrons. The molecule has 0 spiro atoms. The summed E-state index contributed by atoms with van der Waals surface area (Å²) in [6.45, 7) is 5.67. The van der Waals surface area contributed by atoms with Gasteiger partial charge in [-0.3, -0.25) is 0 Å². The third-order valence-electron chi connectivity index (χ3n) is 5.94. The third-order valence-corrected chi connectivity index (χ3v) is 6.66. The average Bonchev–Trinajstić information content (AvgIpc) is 3.41. The van der Waals surface area contributed by atoms with Crippen LogP contribution in [0.5, 0.6) is 5.75 Å². The van der Waals surface area contributed by atoms with E-state index < -0.39 is 0 Å². The maximum Gasteiger partial charge on any atom is 0.147 e. The number of ether oxygens (including phenoxy) is 1. The largest absolute Gasteiger partial charge is 0.487 e. The lowest BCUT2D eigenvalue weighted by atomic mass is 10.1. The number of aromatic nitrogens is 4. The average molecular weight is 499 g/mol. The van der Waals surface area contributed by atoms with Crippen LogP contribution >= 0.6 is 23.2 Å². The molecule has 34 heavy (non-hydrogen) atoms. The zero-order chi connectivity index (χ0) is 23.1. The molecule has 4 aromatic rings. The Labute approximate surface area is 209 Å². The van der Waals surface area contributed by atoms with Crippen molar-refractivity contribution in [2.24, 2.45) is 5.73 Å². The van der Waals surface area contributed by atoms with Gasteiger partial charge in [-0.15, -0.1) is 0 Å². The molecular weight excluding hydrogens is 471 g/mol. The predicted octanol–water partition coefficient (Wildman–Crippen LogP) is 5.49. The molecule has 0 amide bonds. The van der Waals surface area contributed by atoms with Crippen LogP contribution in [0.1, 0.15) is 30.9 Å². The van der Waals surface area contributed by atoms with E-state index in [2.05, 4.69) is 14.9 Å². The lowest BCUT2D eigenvalue weighted by Crippen LogP contribution is -2.27. The molecule has 0 bridgehead atoms. The van der Waals surface area contributed by atoms with Gasteiger partial charge in [-0.2, -0.15) is 0 Å². The highest BCUT2D eigenvalue weighted by molar-refractivity contribution is 6.37. The fourth-order valence-electron chi connectivity index (χ4n) is 4.25. The van der Waals surface area contributed by atoms with Gasteiger partial charge in [-0.25, -0.2) is 15.0 Å². The summed E-state index contributed by atoms with van der Waals surface area (Å²) in [5.41, 5.74) is 9.41. The summed E-state index contributed by atoms with van der Waals surface area (Å²) >= 11 is 13.2. The van der Waals surface area contributed by atoms with Gasteiger partial charge in [0, 0.05) is 54.4 Å². The van der Waals surface area contributed by atoms with Crippen molar-refractivity contribution in [2.75, 3.05) is 18.0 Å². The van der Waals surface area contributed by atoms with Gasteiger partial charge in [0.1, 0.15) is 29.5 Å². The zero-order valence-corrected chi connectivity index (χ0v) is 19.9. The summed E-state index contributed by atoms with van der Waals surface area (Å²) < 4.78 is 8.28. The second-order valence-electron chi connectivity index (χ2n) is 8.29. The van der Waals surface area contributed by atoms with Gasteiger partial charge in [0.05, 0.1) is 15.7 Å². The number of anilines is 1. The lowest BCUT2D eigenvalue weighted by molar-refractivity contribution is 0.309. The smallest absolute Gasteiger partial charge is 0.147 e. The number of imidazole rings is 1. The lowest BCUT2D eigenvalue weighted by Gasteiger charge is -2.20. The fraction of sp³-hybridized carbons (Fsp3) is 0.320. The van der Waals surface area contributed by atoms with Gasteiger partial charge in [0.15, 0.2) is 0 Å². The molecule has 0 aliphatic carbocycles. The fourth-order valence-corrected chi connectivity index (χ4v) is 4.82. The number of para-hydroxylation sites is 1. The molecule has 1 fully saturated rings. The normalized spacial score (nSPS) is 15.6. The van der Waals surface area contributed by atoms with E-state index in [1.165, 1.54) is 0 Å². The van der Waals surface area contributed by atoms with Gasteiger partial charge < -0.3 is 19.9 Å². The van der Waals surface area contributed by atoms with E-state index in [1.54, 1.807) is 12.4 Å². The van der Waals surface area contributed by atoms with Gasteiger partial charge in [0.25, 0.3) is 0 Å². The van der Waals surface area contributed by atoms with E-state index in [0.717, 1.165) is 47.6 Å². The van der Waals surface area contributed by atoms with Crippen molar-refractivity contribution in [3.05, 3.63) is 70.0 Å². The van der Waals surface area contributed by atoms with Gasteiger partial charge >= 0.3 is 0 Å². The van der Waals surface area contributed by atoms with Crippen molar-refractivity contribution >= 4 is 39.9 Å². The molecule has 1 aliphatic rings. The van der Waals surface area contributed by atoms with E-state index >= 15 is 0 Å². The SMILES string of the molecule is C.Cc1cc(-n2ccnc2C)c2cccc(OCc3c(Cl)cnc(N4CC[C@@H](N)C4)c3Cl)c2n1. The number of hydrogen-bond donors (Lipinski definition) is 1.